The highest BCUT2D eigenvalue weighted by molar-refractivity contribution is 7.91. The van der Waals surface area contributed by atoms with Crippen molar-refractivity contribution in [1.29, 1.82) is 5.26 Å². The van der Waals surface area contributed by atoms with E-state index in [-0.39, 0.29) is 0 Å². The first kappa shape index (κ1) is 15.7. The predicted octanol–water partition coefficient (Wildman–Crippen LogP) is 2.01. The summed E-state index contributed by atoms with van der Waals surface area (Å²) in [6.45, 7) is 3.26. The lowest BCUT2D eigenvalue weighted by Gasteiger charge is -2.33. The number of unbranched alkanes of at least 4 members (excludes halogenated alkanes) is 1. The van der Waals surface area contributed by atoms with Crippen LogP contribution in [0.5, 0.6) is 0 Å². The van der Waals surface area contributed by atoms with E-state index in [1.807, 2.05) is 0 Å². The molecule has 1 aromatic rings. The lowest BCUT2D eigenvalue weighted by molar-refractivity contribution is 0.187. The lowest BCUT2D eigenvalue weighted by Crippen LogP contribution is -2.48. The number of rotatable bonds is 5. The Kier molecular flexibility index (Phi) is 5.41. The number of thiophene rings is 1. The molecule has 0 N–H and O–H groups in total. The monoisotopic (exact) mass is 333 g/mol. The van der Waals surface area contributed by atoms with Crippen LogP contribution >= 0.6 is 22.9 Å². The summed E-state index contributed by atoms with van der Waals surface area (Å²) in [7, 11) is -3.40. The van der Waals surface area contributed by atoms with Gasteiger partial charge in [0.25, 0.3) is 10.0 Å². The van der Waals surface area contributed by atoms with Gasteiger partial charge in [0.05, 0.1) is 10.4 Å². The molecule has 0 aliphatic carbocycles. The Hall–Kier alpha value is -0.650. The maximum atomic E-state index is 12.4. The number of nitriles is 1. The Morgan fingerprint density at radius 3 is 2.55 bits per heavy atom. The maximum Gasteiger partial charge on any atom is 0.252 e. The number of nitrogens with zero attached hydrogens (tertiary/aromatic N) is 3. The summed E-state index contributed by atoms with van der Waals surface area (Å²) in [6.07, 6.45) is 1.38. The third kappa shape index (κ3) is 3.71. The van der Waals surface area contributed by atoms with Crippen molar-refractivity contribution in [3.8, 4) is 6.07 Å². The number of sulfonamides is 1. The van der Waals surface area contributed by atoms with Gasteiger partial charge in [0.2, 0.25) is 0 Å². The molecule has 8 heteroatoms. The first-order valence-corrected chi connectivity index (χ1v) is 9.02. The normalized spacial score (nSPS) is 18.0. The zero-order valence-corrected chi connectivity index (χ0v) is 13.3. The van der Waals surface area contributed by atoms with Gasteiger partial charge in [-0.15, -0.1) is 11.3 Å². The number of halogens is 1. The van der Waals surface area contributed by atoms with Crippen LogP contribution in [0, 0.1) is 11.3 Å². The molecule has 20 heavy (non-hydrogen) atoms. The first-order valence-electron chi connectivity index (χ1n) is 6.39. The van der Waals surface area contributed by atoms with E-state index in [9.17, 15) is 8.42 Å². The summed E-state index contributed by atoms with van der Waals surface area (Å²) in [5, 5.41) is 8.51. The molecule has 2 rings (SSSR count). The molecular weight excluding hydrogens is 318 g/mol. The van der Waals surface area contributed by atoms with Gasteiger partial charge in [-0.25, -0.2) is 8.42 Å². The SMILES string of the molecule is N#CCCCN1CCN(S(=O)(=O)c2ccc(Cl)s2)CC1. The van der Waals surface area contributed by atoms with Crippen LogP contribution in [0.4, 0.5) is 0 Å². The van der Waals surface area contributed by atoms with Crippen molar-refractivity contribution in [1.82, 2.24) is 9.21 Å². The molecule has 2 heterocycles. The van der Waals surface area contributed by atoms with Crippen molar-refractivity contribution in [2.45, 2.75) is 17.1 Å². The summed E-state index contributed by atoms with van der Waals surface area (Å²) in [5.74, 6) is 0. The lowest BCUT2D eigenvalue weighted by atomic mass is 10.3. The molecule has 1 fully saturated rings. The van der Waals surface area contributed by atoms with E-state index in [4.69, 9.17) is 16.9 Å². The summed E-state index contributed by atoms with van der Waals surface area (Å²) in [6, 6.07) is 5.29. The first-order chi connectivity index (χ1) is 9.54. The molecule has 0 aromatic carbocycles. The van der Waals surface area contributed by atoms with Gasteiger partial charge in [-0.3, -0.25) is 0 Å². The Bertz CT molecular complexity index is 586. The molecule has 1 aliphatic heterocycles. The average Bonchev–Trinajstić information content (AvgIpc) is 2.87. The van der Waals surface area contributed by atoms with E-state index in [2.05, 4.69) is 11.0 Å². The van der Waals surface area contributed by atoms with Crippen molar-refractivity contribution in [3.05, 3.63) is 16.5 Å². The zero-order chi connectivity index (χ0) is 14.6. The molecule has 1 aromatic heterocycles. The van der Waals surface area contributed by atoms with Crippen LogP contribution in [0.2, 0.25) is 4.34 Å². The highest BCUT2D eigenvalue weighted by Gasteiger charge is 2.29. The standard InChI is InChI=1S/C12H16ClN3O2S2/c13-11-3-4-12(19-11)20(17,18)16-9-7-15(8-10-16)6-2-1-5-14/h3-4H,1-2,6-10H2. The molecule has 0 saturated carbocycles. The second-order valence-corrected chi connectivity index (χ2v) is 8.45. The molecule has 0 radical (unpaired) electrons. The van der Waals surface area contributed by atoms with Gasteiger partial charge in [-0.2, -0.15) is 9.57 Å². The fraction of sp³-hybridized carbons (Fsp3) is 0.583. The Morgan fingerprint density at radius 1 is 1.30 bits per heavy atom. The summed E-state index contributed by atoms with van der Waals surface area (Å²) in [4.78, 5) is 2.20. The second-order valence-electron chi connectivity index (χ2n) is 4.57. The molecule has 0 spiro atoms. The third-order valence-electron chi connectivity index (χ3n) is 3.24. The van der Waals surface area contributed by atoms with Crippen LogP contribution in [0.15, 0.2) is 16.3 Å². The third-order valence-corrected chi connectivity index (χ3v) is 6.83. The number of hydrogen-bond acceptors (Lipinski definition) is 5. The van der Waals surface area contributed by atoms with Gasteiger partial charge < -0.3 is 4.90 Å². The van der Waals surface area contributed by atoms with Crippen molar-refractivity contribution in [2.24, 2.45) is 0 Å². The van der Waals surface area contributed by atoms with Crippen molar-refractivity contribution in [3.63, 3.8) is 0 Å². The van der Waals surface area contributed by atoms with E-state index >= 15 is 0 Å². The average molecular weight is 334 g/mol. The van der Waals surface area contributed by atoms with Gasteiger partial charge in [0.15, 0.2) is 0 Å². The molecular formula is C12H16ClN3O2S2. The topological polar surface area (TPSA) is 64.4 Å². The van der Waals surface area contributed by atoms with Gasteiger partial charge in [0.1, 0.15) is 4.21 Å². The minimum Gasteiger partial charge on any atom is -0.301 e. The van der Waals surface area contributed by atoms with Crippen molar-refractivity contribution >= 4 is 33.0 Å². The van der Waals surface area contributed by atoms with Gasteiger partial charge >= 0.3 is 0 Å². The van der Waals surface area contributed by atoms with Gasteiger partial charge in [-0.1, -0.05) is 11.6 Å². The van der Waals surface area contributed by atoms with E-state index in [1.54, 1.807) is 12.1 Å². The fourth-order valence-corrected chi connectivity index (χ4v) is 5.20. The summed E-state index contributed by atoms with van der Waals surface area (Å²) < 4.78 is 27.1. The van der Waals surface area contributed by atoms with Crippen LogP contribution in [-0.2, 0) is 10.0 Å². The van der Waals surface area contributed by atoms with Gasteiger partial charge in [0, 0.05) is 32.6 Å². The number of piperazine rings is 1. The second kappa shape index (κ2) is 6.87. The van der Waals surface area contributed by atoms with Crippen molar-refractivity contribution < 1.29 is 8.42 Å². The van der Waals surface area contributed by atoms with E-state index in [1.165, 1.54) is 4.31 Å². The zero-order valence-electron chi connectivity index (χ0n) is 11.0. The van der Waals surface area contributed by atoms with Gasteiger partial charge in [-0.05, 0) is 25.1 Å². The van der Waals surface area contributed by atoms with Crippen LogP contribution in [0.3, 0.4) is 0 Å². The fourth-order valence-electron chi connectivity index (χ4n) is 2.14. The Morgan fingerprint density at radius 2 is 2.00 bits per heavy atom. The van der Waals surface area contributed by atoms with Crippen LogP contribution in [0.1, 0.15) is 12.8 Å². The number of hydrogen-bond donors (Lipinski definition) is 0. The minimum absolute atomic E-state index is 0.306. The molecule has 0 unspecified atom stereocenters. The van der Waals surface area contributed by atoms with E-state index in [0.717, 1.165) is 24.3 Å². The molecule has 0 bridgehead atoms. The Labute approximate surface area is 128 Å². The molecule has 0 atom stereocenters. The molecule has 5 nitrogen and oxygen atoms in total. The van der Waals surface area contributed by atoms with Crippen molar-refractivity contribution in [2.75, 3.05) is 32.7 Å². The maximum absolute atomic E-state index is 12.4. The quantitative estimate of drug-likeness (QED) is 0.773. The smallest absolute Gasteiger partial charge is 0.252 e. The van der Waals surface area contributed by atoms with Crippen LogP contribution < -0.4 is 0 Å². The predicted molar refractivity (Wildman–Crippen MR) is 79.4 cm³/mol. The molecule has 0 amide bonds. The minimum atomic E-state index is -3.40. The molecule has 110 valence electrons. The molecule has 1 saturated heterocycles. The highest BCUT2D eigenvalue weighted by Crippen LogP contribution is 2.28. The van der Waals surface area contributed by atoms with E-state index in [0.29, 0.717) is 41.1 Å². The molecule has 1 aliphatic rings. The van der Waals surface area contributed by atoms with E-state index < -0.39 is 10.0 Å². The van der Waals surface area contributed by atoms with Crippen LogP contribution in [0.25, 0.3) is 0 Å². The summed E-state index contributed by atoms with van der Waals surface area (Å²) >= 11 is 6.89. The largest absolute Gasteiger partial charge is 0.301 e. The van der Waals surface area contributed by atoms with Crippen LogP contribution in [-0.4, -0.2) is 50.3 Å². The summed E-state index contributed by atoms with van der Waals surface area (Å²) in [5.41, 5.74) is 0. The highest BCUT2D eigenvalue weighted by atomic mass is 35.5. The Balaban J connectivity index is 1.92.